The van der Waals surface area contributed by atoms with Gasteiger partial charge in [0.05, 0.1) is 23.2 Å². The van der Waals surface area contributed by atoms with Crippen molar-refractivity contribution < 1.29 is 81.2 Å². The lowest BCUT2D eigenvalue weighted by Crippen LogP contribution is -2.90. The molecule has 1 heterocycles. The van der Waals surface area contributed by atoms with Crippen LogP contribution in [0.5, 0.6) is 0 Å². The zero-order valence-corrected chi connectivity index (χ0v) is 28.3. The Labute approximate surface area is 291 Å². The number of rotatable bonds is 9. The highest BCUT2D eigenvalue weighted by atomic mass is 19.4. The molecular formula is C31H39F7N4O10. The molecule has 0 saturated carbocycles. The molecule has 0 aromatic heterocycles. The summed E-state index contributed by atoms with van der Waals surface area (Å²) < 4.78 is 95.9. The van der Waals surface area contributed by atoms with Crippen LogP contribution in [0, 0.1) is 12.7 Å². The number of carbonyl (C=O) groups excluding carboxylic acids is 2. The highest BCUT2D eigenvalue weighted by molar-refractivity contribution is 5.76. The maximum atomic E-state index is 14.2. The molecule has 0 aliphatic carbocycles. The van der Waals surface area contributed by atoms with Crippen molar-refractivity contribution >= 4 is 11.9 Å². The number of aliphatic hydroxyl groups is 8. The van der Waals surface area contributed by atoms with Crippen LogP contribution in [0.4, 0.5) is 35.5 Å². The maximum absolute atomic E-state index is 14.2. The number of carbonyl (C=O) groups is 2. The van der Waals surface area contributed by atoms with Crippen LogP contribution in [0.3, 0.4) is 0 Å². The van der Waals surface area contributed by atoms with E-state index < -0.39 is 105 Å². The summed E-state index contributed by atoms with van der Waals surface area (Å²) in [6.07, 6.45) is -11.0. The number of piperazine rings is 1. The predicted octanol–water partition coefficient (Wildman–Crippen LogP) is 1.85. The first-order chi connectivity index (χ1) is 23.5. The van der Waals surface area contributed by atoms with Crippen molar-refractivity contribution in [3.05, 3.63) is 70.0 Å². The molecule has 3 rings (SSSR count). The first-order valence-corrected chi connectivity index (χ1v) is 15.4. The molecule has 0 radical (unpaired) electrons. The van der Waals surface area contributed by atoms with E-state index in [0.29, 0.717) is 19.1 Å². The molecule has 1 aliphatic rings. The molecule has 8 N–H and O–H groups in total. The van der Waals surface area contributed by atoms with Crippen LogP contribution in [0.2, 0.25) is 0 Å². The summed E-state index contributed by atoms with van der Waals surface area (Å²) in [5.74, 6) is -19.8. The van der Waals surface area contributed by atoms with Crippen LogP contribution in [-0.4, -0.2) is 116 Å². The van der Waals surface area contributed by atoms with Crippen molar-refractivity contribution in [1.29, 1.82) is 0 Å². The first-order valence-electron chi connectivity index (χ1n) is 15.4. The Bertz CT molecular complexity index is 1590. The van der Waals surface area contributed by atoms with Crippen LogP contribution in [0.25, 0.3) is 0 Å². The fraction of sp³-hybridized carbons (Fsp3) is 0.548. The molecule has 21 heteroatoms. The van der Waals surface area contributed by atoms with E-state index in [9.17, 15) is 81.2 Å². The molecule has 292 valence electrons. The van der Waals surface area contributed by atoms with E-state index in [4.69, 9.17) is 0 Å². The number of benzene rings is 2. The second kappa shape index (κ2) is 14.3. The Hall–Kier alpha value is -3.67. The molecule has 2 aromatic rings. The van der Waals surface area contributed by atoms with Crippen molar-refractivity contribution in [2.24, 2.45) is 0 Å². The average Bonchev–Trinajstić information content (AvgIpc) is 2.99. The number of halogens is 7. The Balaban J connectivity index is 2.15. The minimum Gasteiger partial charge on any atom is -0.347 e. The summed E-state index contributed by atoms with van der Waals surface area (Å²) >= 11 is 0. The molecule has 2 aromatic carbocycles. The average molecular weight is 761 g/mol. The van der Waals surface area contributed by atoms with Crippen LogP contribution < -0.4 is 0 Å². The number of aryl methyl sites for hydroxylation is 1. The van der Waals surface area contributed by atoms with Crippen molar-refractivity contribution in [2.75, 3.05) is 20.1 Å². The van der Waals surface area contributed by atoms with Gasteiger partial charge in [-0.1, -0.05) is 13.0 Å². The summed E-state index contributed by atoms with van der Waals surface area (Å²) in [7, 11) is 1.06. The molecule has 1 fully saturated rings. The fourth-order valence-corrected chi connectivity index (χ4v) is 6.03. The van der Waals surface area contributed by atoms with Gasteiger partial charge in [0.2, 0.25) is 5.91 Å². The lowest BCUT2D eigenvalue weighted by molar-refractivity contribution is -0.599. The molecule has 0 bridgehead atoms. The number of hydrogen-bond acceptors (Lipinski definition) is 11. The molecule has 1 aliphatic heterocycles. The van der Waals surface area contributed by atoms with Gasteiger partial charge in [-0.2, -0.15) is 31.2 Å². The van der Waals surface area contributed by atoms with Crippen LogP contribution in [0.1, 0.15) is 73.5 Å². The van der Waals surface area contributed by atoms with E-state index in [2.05, 4.69) is 0 Å². The number of alkyl halides is 6. The molecule has 52 heavy (non-hydrogen) atoms. The monoisotopic (exact) mass is 760 g/mol. The SMILES string of the molecule is CCCN(C(=O)N(C)C(C)c1cc(C(F)(F)F)cc(C(F)(F)F)c1)C(CCN1C(O)(O)C(O)(O)N(C(C)=O)C(O)(O)C1(O)O)c1ccc(F)cc1C. The molecule has 1 saturated heterocycles. The van der Waals surface area contributed by atoms with Gasteiger partial charge < -0.3 is 50.7 Å². The second-order valence-corrected chi connectivity index (χ2v) is 12.5. The van der Waals surface area contributed by atoms with Gasteiger partial charge >= 0.3 is 42.0 Å². The maximum Gasteiger partial charge on any atom is 0.416 e. The van der Waals surface area contributed by atoms with Crippen molar-refractivity contribution in [3.63, 3.8) is 0 Å². The van der Waals surface area contributed by atoms with E-state index in [1.165, 1.54) is 13.0 Å². The van der Waals surface area contributed by atoms with Gasteiger partial charge in [-0.3, -0.25) is 4.79 Å². The molecule has 0 spiro atoms. The van der Waals surface area contributed by atoms with Crippen LogP contribution >= 0.6 is 0 Å². The van der Waals surface area contributed by atoms with Crippen molar-refractivity contribution in [1.82, 2.24) is 19.6 Å². The zero-order chi connectivity index (χ0) is 40.2. The van der Waals surface area contributed by atoms with E-state index in [1.807, 2.05) is 0 Å². The number of nitrogens with zero attached hydrogens (tertiary/aromatic N) is 4. The Morgan fingerprint density at radius 1 is 0.827 bits per heavy atom. The third-order valence-electron chi connectivity index (χ3n) is 8.87. The van der Waals surface area contributed by atoms with Gasteiger partial charge in [-0.15, -0.1) is 0 Å². The minimum absolute atomic E-state index is 0.0867. The Morgan fingerprint density at radius 3 is 1.71 bits per heavy atom. The van der Waals surface area contributed by atoms with E-state index in [0.717, 1.165) is 35.9 Å². The molecule has 2 unspecified atom stereocenters. The lowest BCUT2D eigenvalue weighted by atomic mass is 9.95. The summed E-state index contributed by atoms with van der Waals surface area (Å²) in [4.78, 5) is 26.7. The van der Waals surface area contributed by atoms with Gasteiger partial charge in [-0.05, 0) is 73.7 Å². The summed E-state index contributed by atoms with van der Waals surface area (Å²) in [5.41, 5.74) is -3.61. The predicted molar refractivity (Wildman–Crippen MR) is 161 cm³/mol. The van der Waals surface area contributed by atoms with Gasteiger partial charge in [0.1, 0.15) is 5.82 Å². The highest BCUT2D eigenvalue weighted by Crippen LogP contribution is 2.45. The standard InChI is InChI=1S/C31H39F7N4O10/c1-6-10-40(25(44)39(5)17(3)19-13-20(26(33,34)35)15-21(14-19)27(36,37)38)24(23-8-7-22(32)12-16(23)2)9-11-41-28(45,46)30(49,50)42(18(4)43)31(51,52)29(41,47)48/h7-8,12-15,17,24,45-52H,6,9-11H2,1-5H3. The van der Waals surface area contributed by atoms with Crippen molar-refractivity contribution in [3.8, 4) is 0 Å². The molecular weight excluding hydrogens is 721 g/mol. The largest absolute Gasteiger partial charge is 0.416 e. The van der Waals surface area contributed by atoms with E-state index >= 15 is 0 Å². The third kappa shape index (κ3) is 7.68. The van der Waals surface area contributed by atoms with Crippen LogP contribution in [-0.2, 0) is 17.1 Å². The summed E-state index contributed by atoms with van der Waals surface area (Å²) in [5, 5.41) is 85.1. The minimum atomic E-state index is -5.20. The van der Waals surface area contributed by atoms with Gasteiger partial charge in [0.15, 0.2) is 0 Å². The fourth-order valence-electron chi connectivity index (χ4n) is 6.03. The van der Waals surface area contributed by atoms with Gasteiger partial charge in [0.25, 0.3) is 0 Å². The van der Waals surface area contributed by atoms with Gasteiger partial charge in [0, 0.05) is 27.1 Å². The number of urea groups is 1. The zero-order valence-electron chi connectivity index (χ0n) is 28.3. The van der Waals surface area contributed by atoms with Gasteiger partial charge in [-0.25, -0.2) is 14.1 Å². The molecule has 2 atom stereocenters. The third-order valence-corrected chi connectivity index (χ3v) is 8.87. The summed E-state index contributed by atoms with van der Waals surface area (Å²) in [6.45, 7) is 3.11. The Morgan fingerprint density at radius 2 is 1.31 bits per heavy atom. The van der Waals surface area contributed by atoms with E-state index in [1.54, 1.807) is 6.92 Å². The smallest absolute Gasteiger partial charge is 0.347 e. The van der Waals surface area contributed by atoms with Crippen molar-refractivity contribution in [2.45, 2.75) is 88.6 Å². The number of amides is 3. The second-order valence-electron chi connectivity index (χ2n) is 12.5. The molecule has 3 amide bonds. The number of hydrogen-bond donors (Lipinski definition) is 8. The highest BCUT2D eigenvalue weighted by Gasteiger charge is 2.77. The Kier molecular flexibility index (Phi) is 11.7. The van der Waals surface area contributed by atoms with E-state index in [-0.39, 0.29) is 30.2 Å². The quantitative estimate of drug-likeness (QED) is 0.137. The molecule has 14 nitrogen and oxygen atoms in total. The normalized spacial score (nSPS) is 19.6. The lowest BCUT2D eigenvalue weighted by Gasteiger charge is -2.60. The van der Waals surface area contributed by atoms with Crippen LogP contribution in [0.15, 0.2) is 36.4 Å². The summed E-state index contributed by atoms with van der Waals surface area (Å²) in [6, 6.07) is -0.0189. The topological polar surface area (TPSA) is 209 Å². The first kappa shape index (κ1) is 42.7.